The van der Waals surface area contributed by atoms with E-state index in [0.29, 0.717) is 15.6 Å². The van der Waals surface area contributed by atoms with Crippen molar-refractivity contribution in [3.8, 4) is 0 Å². The van der Waals surface area contributed by atoms with E-state index in [9.17, 15) is 9.59 Å². The molecule has 1 fully saturated rings. The molecule has 0 saturated heterocycles. The van der Waals surface area contributed by atoms with Crippen LogP contribution in [0.25, 0.3) is 0 Å². The number of nitrogens with one attached hydrogen (secondary N) is 1. The Morgan fingerprint density at radius 3 is 2.57 bits per heavy atom. The second kappa shape index (κ2) is 8.55. The zero-order valence-electron chi connectivity index (χ0n) is 13.1. The third-order valence-electron chi connectivity index (χ3n) is 3.96. The first-order valence-electron chi connectivity index (χ1n) is 7.89. The van der Waals surface area contributed by atoms with E-state index < -0.39 is 12.1 Å². The molecule has 23 heavy (non-hydrogen) atoms. The maximum absolute atomic E-state index is 12.1. The zero-order chi connectivity index (χ0) is 16.8. The van der Waals surface area contributed by atoms with Crippen LogP contribution in [0.15, 0.2) is 18.2 Å². The Kier molecular flexibility index (Phi) is 6.72. The predicted molar refractivity (Wildman–Crippen MR) is 90.7 cm³/mol. The summed E-state index contributed by atoms with van der Waals surface area (Å²) in [6, 6.07) is 5.17. The second-order valence-electron chi connectivity index (χ2n) is 5.90. The molecule has 4 nitrogen and oxygen atoms in total. The Morgan fingerprint density at radius 2 is 1.91 bits per heavy atom. The van der Waals surface area contributed by atoms with Crippen LogP contribution in [0.5, 0.6) is 0 Å². The molecule has 0 unspecified atom stereocenters. The van der Waals surface area contributed by atoms with Crippen molar-refractivity contribution < 1.29 is 14.3 Å². The Bertz CT molecular complexity index is 571. The van der Waals surface area contributed by atoms with Gasteiger partial charge in [-0.25, -0.2) is 0 Å². The van der Waals surface area contributed by atoms with Crippen molar-refractivity contribution in [2.24, 2.45) is 0 Å². The number of hydrogen-bond donors (Lipinski definition) is 1. The van der Waals surface area contributed by atoms with Crippen LogP contribution in [0.4, 0.5) is 0 Å². The topological polar surface area (TPSA) is 55.4 Å². The largest absolute Gasteiger partial charge is 0.452 e. The molecule has 1 aliphatic carbocycles. The van der Waals surface area contributed by atoms with Crippen LogP contribution in [0.1, 0.15) is 44.6 Å². The minimum absolute atomic E-state index is 0.0535. The van der Waals surface area contributed by atoms with E-state index in [0.717, 1.165) is 25.7 Å². The van der Waals surface area contributed by atoms with Gasteiger partial charge >= 0.3 is 5.97 Å². The molecule has 0 spiro atoms. The number of carbonyl (C=O) groups excluding carboxylic acids is 2. The first-order valence-corrected chi connectivity index (χ1v) is 8.65. The molecule has 0 aromatic heterocycles. The van der Waals surface area contributed by atoms with Crippen LogP contribution in [0.2, 0.25) is 10.0 Å². The van der Waals surface area contributed by atoms with Crippen LogP contribution >= 0.6 is 23.2 Å². The number of esters is 1. The number of carbonyl (C=O) groups is 2. The van der Waals surface area contributed by atoms with E-state index in [2.05, 4.69) is 5.32 Å². The molecule has 6 heteroatoms. The van der Waals surface area contributed by atoms with Crippen LogP contribution in [0.3, 0.4) is 0 Å². The quantitative estimate of drug-likeness (QED) is 0.812. The highest BCUT2D eigenvalue weighted by molar-refractivity contribution is 6.42. The van der Waals surface area contributed by atoms with Crippen LogP contribution < -0.4 is 5.32 Å². The summed E-state index contributed by atoms with van der Waals surface area (Å²) in [4.78, 5) is 24.0. The third-order valence-corrected chi connectivity index (χ3v) is 4.70. The lowest BCUT2D eigenvalue weighted by molar-refractivity contribution is -0.154. The zero-order valence-corrected chi connectivity index (χ0v) is 14.6. The van der Waals surface area contributed by atoms with E-state index in [1.54, 1.807) is 25.1 Å². The SMILES string of the molecule is C[C@@H](OC(=O)Cc1ccc(Cl)c(Cl)c1)C(=O)NC1CCCCC1. The molecular formula is C17H21Cl2NO3. The molecule has 1 N–H and O–H groups in total. The van der Waals surface area contributed by atoms with Gasteiger partial charge < -0.3 is 10.1 Å². The Hall–Kier alpha value is -1.26. The van der Waals surface area contributed by atoms with Gasteiger partial charge in [0.25, 0.3) is 5.91 Å². The summed E-state index contributed by atoms with van der Waals surface area (Å²) in [5, 5.41) is 3.77. The number of ether oxygens (including phenoxy) is 1. The summed E-state index contributed by atoms with van der Waals surface area (Å²) < 4.78 is 5.20. The smallest absolute Gasteiger partial charge is 0.311 e. The van der Waals surface area contributed by atoms with Gasteiger partial charge in [-0.2, -0.15) is 0 Å². The van der Waals surface area contributed by atoms with E-state index in [1.807, 2.05) is 0 Å². The molecule has 0 bridgehead atoms. The van der Waals surface area contributed by atoms with Gasteiger partial charge in [0.05, 0.1) is 16.5 Å². The molecule has 0 heterocycles. The molecule has 0 aliphatic heterocycles. The molecule has 1 aliphatic rings. The fourth-order valence-corrected chi connectivity index (χ4v) is 2.99. The minimum atomic E-state index is -0.799. The van der Waals surface area contributed by atoms with Crippen LogP contribution in [-0.4, -0.2) is 24.0 Å². The van der Waals surface area contributed by atoms with E-state index >= 15 is 0 Å². The maximum atomic E-state index is 12.1. The monoisotopic (exact) mass is 357 g/mol. The molecule has 1 amide bonds. The average Bonchev–Trinajstić information content (AvgIpc) is 2.51. The van der Waals surface area contributed by atoms with Crippen molar-refractivity contribution in [2.45, 2.75) is 57.6 Å². The number of amides is 1. The van der Waals surface area contributed by atoms with Crippen molar-refractivity contribution in [1.29, 1.82) is 0 Å². The van der Waals surface area contributed by atoms with Crippen LogP contribution in [0, 0.1) is 0 Å². The summed E-state index contributed by atoms with van der Waals surface area (Å²) in [5.74, 6) is -0.700. The summed E-state index contributed by atoms with van der Waals surface area (Å²) in [6.07, 6.45) is 4.74. The predicted octanol–water partition coefficient (Wildman–Crippen LogP) is 3.92. The summed E-state index contributed by atoms with van der Waals surface area (Å²) in [5.41, 5.74) is 0.698. The van der Waals surface area contributed by atoms with Crippen molar-refractivity contribution in [3.63, 3.8) is 0 Å². The van der Waals surface area contributed by atoms with Crippen molar-refractivity contribution >= 4 is 35.1 Å². The van der Waals surface area contributed by atoms with Gasteiger partial charge in [-0.05, 0) is 37.5 Å². The first kappa shape index (κ1) is 18.1. The lowest BCUT2D eigenvalue weighted by Gasteiger charge is -2.24. The van der Waals surface area contributed by atoms with Gasteiger partial charge in [-0.15, -0.1) is 0 Å². The van der Waals surface area contributed by atoms with Crippen molar-refractivity contribution in [3.05, 3.63) is 33.8 Å². The highest BCUT2D eigenvalue weighted by Crippen LogP contribution is 2.23. The molecule has 1 atom stereocenters. The molecular weight excluding hydrogens is 337 g/mol. The minimum Gasteiger partial charge on any atom is -0.452 e. The molecule has 126 valence electrons. The average molecular weight is 358 g/mol. The Morgan fingerprint density at radius 1 is 1.22 bits per heavy atom. The van der Waals surface area contributed by atoms with E-state index in [-0.39, 0.29) is 18.4 Å². The summed E-state index contributed by atoms with van der Waals surface area (Å²) in [7, 11) is 0. The lowest BCUT2D eigenvalue weighted by Crippen LogP contribution is -2.42. The van der Waals surface area contributed by atoms with Gasteiger partial charge in [0.2, 0.25) is 0 Å². The summed E-state index contributed by atoms with van der Waals surface area (Å²) in [6.45, 7) is 1.59. The van der Waals surface area contributed by atoms with E-state index in [4.69, 9.17) is 27.9 Å². The van der Waals surface area contributed by atoms with Gasteiger partial charge in [0.1, 0.15) is 0 Å². The normalized spacial score (nSPS) is 16.7. The highest BCUT2D eigenvalue weighted by Gasteiger charge is 2.22. The van der Waals surface area contributed by atoms with Gasteiger partial charge in [-0.3, -0.25) is 9.59 Å². The number of hydrogen-bond acceptors (Lipinski definition) is 3. The third kappa shape index (κ3) is 5.70. The van der Waals surface area contributed by atoms with Crippen LogP contribution in [-0.2, 0) is 20.7 Å². The molecule has 1 aromatic rings. The second-order valence-corrected chi connectivity index (χ2v) is 6.72. The Balaban J connectivity index is 1.81. The first-order chi connectivity index (χ1) is 11.0. The maximum Gasteiger partial charge on any atom is 0.311 e. The number of halogens is 2. The molecule has 2 rings (SSSR count). The van der Waals surface area contributed by atoms with E-state index in [1.165, 1.54) is 6.42 Å². The molecule has 1 aromatic carbocycles. The van der Waals surface area contributed by atoms with Crippen molar-refractivity contribution in [2.75, 3.05) is 0 Å². The standard InChI is InChI=1S/C17H21Cl2NO3/c1-11(17(22)20-13-5-3-2-4-6-13)23-16(21)10-12-7-8-14(18)15(19)9-12/h7-9,11,13H,2-6,10H2,1H3,(H,20,22)/t11-/m1/s1. The molecule has 1 saturated carbocycles. The van der Waals surface area contributed by atoms with Gasteiger partial charge in [0, 0.05) is 6.04 Å². The fraction of sp³-hybridized carbons (Fsp3) is 0.529. The number of benzene rings is 1. The Labute approximate surface area is 146 Å². The highest BCUT2D eigenvalue weighted by atomic mass is 35.5. The molecule has 0 radical (unpaired) electrons. The summed E-state index contributed by atoms with van der Waals surface area (Å²) >= 11 is 11.7. The lowest BCUT2D eigenvalue weighted by atomic mass is 9.95. The number of rotatable bonds is 5. The van der Waals surface area contributed by atoms with Gasteiger partial charge in [-0.1, -0.05) is 48.5 Å². The van der Waals surface area contributed by atoms with Crippen molar-refractivity contribution in [1.82, 2.24) is 5.32 Å². The van der Waals surface area contributed by atoms with Gasteiger partial charge in [0.15, 0.2) is 6.10 Å². The fourth-order valence-electron chi connectivity index (χ4n) is 2.67.